The van der Waals surface area contributed by atoms with Gasteiger partial charge in [-0.3, -0.25) is 0 Å². The number of thiophene rings is 1. The zero-order valence-corrected chi connectivity index (χ0v) is 36.0. The molecule has 0 saturated heterocycles. The summed E-state index contributed by atoms with van der Waals surface area (Å²) in [7, 11) is 0. The topological polar surface area (TPSA) is 24.6 Å². The number of anilines is 5. The molecule has 1 aliphatic carbocycles. The van der Waals surface area contributed by atoms with Crippen molar-refractivity contribution in [3.63, 3.8) is 0 Å². The van der Waals surface area contributed by atoms with Crippen LogP contribution >= 0.6 is 11.3 Å². The number of furan rings is 1. The van der Waals surface area contributed by atoms with Gasteiger partial charge in [-0.05, 0) is 108 Å². The number of allylic oxidation sites excluding steroid dienone is 2. The van der Waals surface area contributed by atoms with Gasteiger partial charge in [0.05, 0.1) is 17.1 Å². The van der Waals surface area contributed by atoms with Crippen LogP contribution < -0.4 is 9.80 Å². The number of benzene rings is 9. The van der Waals surface area contributed by atoms with E-state index in [1.807, 2.05) is 17.4 Å². The summed E-state index contributed by atoms with van der Waals surface area (Å²) < 4.78 is 11.8. The molecule has 3 aromatic heterocycles. The fraction of sp³-hybridized carbons (Fsp3) is 0.0333. The van der Waals surface area contributed by atoms with Crippen molar-refractivity contribution in [3.05, 3.63) is 230 Å². The number of aromatic nitrogens is 1. The predicted molar refractivity (Wildman–Crippen MR) is 274 cm³/mol. The predicted octanol–water partition coefficient (Wildman–Crippen LogP) is 16.9. The number of para-hydroxylation sites is 3. The minimum atomic E-state index is 0.201. The monoisotopic (exact) mass is 849 g/mol. The van der Waals surface area contributed by atoms with Gasteiger partial charge in [0.15, 0.2) is 5.58 Å². The molecule has 0 radical (unpaired) electrons. The Morgan fingerprint density at radius 3 is 2.05 bits per heavy atom. The van der Waals surface area contributed by atoms with Crippen LogP contribution in [-0.2, 0) is 0 Å². The Balaban J connectivity index is 0.979. The third-order valence-corrected chi connectivity index (χ3v) is 14.9. The lowest BCUT2D eigenvalue weighted by Gasteiger charge is -2.28. The van der Waals surface area contributed by atoms with Gasteiger partial charge in [-0.2, -0.15) is 0 Å². The molecule has 2 atom stereocenters. The van der Waals surface area contributed by atoms with Crippen LogP contribution in [0.2, 0.25) is 0 Å². The second kappa shape index (κ2) is 14.2. The average molecular weight is 850 g/mol. The molecule has 4 nitrogen and oxygen atoms in total. The van der Waals surface area contributed by atoms with Gasteiger partial charge in [0, 0.05) is 81.8 Å². The highest BCUT2D eigenvalue weighted by Crippen LogP contribution is 2.51. The van der Waals surface area contributed by atoms with E-state index >= 15 is 0 Å². The summed E-state index contributed by atoms with van der Waals surface area (Å²) >= 11 is 1.88. The highest BCUT2D eigenvalue weighted by molar-refractivity contribution is 7.26. The van der Waals surface area contributed by atoms with Crippen LogP contribution in [-0.4, -0.2) is 10.6 Å². The molecule has 14 rings (SSSR count). The van der Waals surface area contributed by atoms with Crippen molar-refractivity contribution in [1.82, 2.24) is 4.57 Å². The lowest BCUT2D eigenvalue weighted by Crippen LogP contribution is -2.28. The maximum atomic E-state index is 6.75. The summed E-state index contributed by atoms with van der Waals surface area (Å²) in [5, 5.41) is 7.19. The van der Waals surface area contributed by atoms with Crippen molar-refractivity contribution in [2.45, 2.75) is 12.0 Å². The van der Waals surface area contributed by atoms with Gasteiger partial charge in [-0.1, -0.05) is 133 Å². The van der Waals surface area contributed by atoms with Gasteiger partial charge >= 0.3 is 0 Å². The van der Waals surface area contributed by atoms with Crippen LogP contribution in [0.15, 0.2) is 229 Å². The van der Waals surface area contributed by atoms with Gasteiger partial charge < -0.3 is 18.8 Å². The number of hydrogen-bond donors (Lipinski definition) is 0. The van der Waals surface area contributed by atoms with Gasteiger partial charge in [0.1, 0.15) is 5.58 Å². The molecule has 0 N–H and O–H groups in total. The largest absolute Gasteiger partial charge is 0.454 e. The van der Waals surface area contributed by atoms with Crippen molar-refractivity contribution in [1.29, 1.82) is 0 Å². The fourth-order valence-electron chi connectivity index (χ4n) is 10.8. The fourth-order valence-corrected chi connectivity index (χ4v) is 12.1. The SMILES string of the molecule is C1=CC2c3cc(N(c4ccc(-c5cccc6c5sc5ccccc56)cc4)c4ccc5c(c4)c4ccc6c7ccccc7oc6c4n5-c4ccccc4)ccc3N(c3ccccc3)C2C=C1. The van der Waals surface area contributed by atoms with Gasteiger partial charge in [-0.25, -0.2) is 0 Å². The first-order valence-corrected chi connectivity index (χ1v) is 23.1. The second-order valence-corrected chi connectivity index (χ2v) is 18.3. The van der Waals surface area contributed by atoms with E-state index in [0.29, 0.717) is 0 Å². The van der Waals surface area contributed by atoms with Crippen LogP contribution in [0.25, 0.3) is 80.7 Å². The van der Waals surface area contributed by atoms with Crippen molar-refractivity contribution in [2.75, 3.05) is 9.80 Å². The Morgan fingerprint density at radius 1 is 0.492 bits per heavy atom. The lowest BCUT2D eigenvalue weighted by molar-refractivity contribution is 0.671. The first-order valence-electron chi connectivity index (χ1n) is 22.3. The normalized spacial score (nSPS) is 15.5. The van der Waals surface area contributed by atoms with E-state index in [1.54, 1.807) is 0 Å². The van der Waals surface area contributed by atoms with Crippen LogP contribution in [0, 0.1) is 0 Å². The Bertz CT molecular complexity index is 3910. The van der Waals surface area contributed by atoms with Crippen molar-refractivity contribution < 1.29 is 4.42 Å². The van der Waals surface area contributed by atoms with Gasteiger partial charge in [0.2, 0.25) is 0 Å². The molecule has 2 unspecified atom stereocenters. The van der Waals surface area contributed by atoms with Crippen molar-refractivity contribution in [3.8, 4) is 16.8 Å². The molecule has 4 heterocycles. The summed E-state index contributed by atoms with van der Waals surface area (Å²) in [5.41, 5.74) is 14.6. The molecule has 9 aromatic carbocycles. The minimum Gasteiger partial charge on any atom is -0.454 e. The Hall–Kier alpha value is -8.12. The number of hydrogen-bond acceptors (Lipinski definition) is 4. The van der Waals surface area contributed by atoms with Crippen LogP contribution in [0.3, 0.4) is 0 Å². The molecule has 0 amide bonds. The Morgan fingerprint density at radius 2 is 1.18 bits per heavy atom. The van der Waals surface area contributed by atoms with Crippen LogP contribution in [0.1, 0.15) is 11.5 Å². The second-order valence-electron chi connectivity index (χ2n) is 17.2. The molecule has 12 aromatic rings. The minimum absolute atomic E-state index is 0.201. The highest BCUT2D eigenvalue weighted by atomic mass is 32.1. The van der Waals surface area contributed by atoms with E-state index in [9.17, 15) is 0 Å². The van der Waals surface area contributed by atoms with E-state index in [2.05, 4.69) is 233 Å². The molecule has 0 spiro atoms. The van der Waals surface area contributed by atoms with Crippen molar-refractivity contribution in [2.24, 2.45) is 0 Å². The molecule has 0 fully saturated rings. The molecular weight excluding hydrogens is 811 g/mol. The summed E-state index contributed by atoms with van der Waals surface area (Å²) in [6, 6.07) is 73.3. The standard InChI is InChI=1S/C60H39N3OS/c1-3-14-39(15-4-1)62-53-23-10-7-18-45(53)51-36-42(30-34-54(51)62)61(41-28-26-38(27-29-41)44-21-13-22-50-47-20-9-12-25-57(47)65-60(44)50)43-31-35-55-52(37-43)48-32-33-49-46-19-8-11-24-56(46)64-59(49)58(48)63(55)40-16-5-2-6-17-40/h1-37,45,53H. The number of rotatable bonds is 6. The van der Waals surface area contributed by atoms with Crippen molar-refractivity contribution >= 4 is 104 Å². The van der Waals surface area contributed by atoms with E-state index < -0.39 is 0 Å². The summed E-state index contributed by atoms with van der Waals surface area (Å²) in [5.74, 6) is 0.221. The molecule has 2 aliphatic rings. The first-order chi connectivity index (χ1) is 32.2. The maximum absolute atomic E-state index is 6.75. The Labute approximate surface area is 379 Å². The summed E-state index contributed by atoms with van der Waals surface area (Å²) in [6.07, 6.45) is 9.11. The van der Waals surface area contributed by atoms with E-state index in [0.717, 1.165) is 61.1 Å². The maximum Gasteiger partial charge on any atom is 0.160 e. The molecule has 65 heavy (non-hydrogen) atoms. The molecule has 306 valence electrons. The molecule has 0 bridgehead atoms. The third kappa shape index (κ3) is 5.49. The van der Waals surface area contributed by atoms with Crippen LogP contribution in [0.5, 0.6) is 0 Å². The van der Waals surface area contributed by atoms with Gasteiger partial charge in [-0.15, -0.1) is 11.3 Å². The molecule has 5 heteroatoms. The highest BCUT2D eigenvalue weighted by Gasteiger charge is 2.38. The third-order valence-electron chi connectivity index (χ3n) is 13.7. The molecular formula is C60H39N3OS. The smallest absolute Gasteiger partial charge is 0.160 e. The summed E-state index contributed by atoms with van der Waals surface area (Å²) in [6.45, 7) is 0. The first kappa shape index (κ1) is 36.4. The summed E-state index contributed by atoms with van der Waals surface area (Å²) in [4.78, 5) is 4.94. The van der Waals surface area contributed by atoms with E-state index in [1.165, 1.54) is 53.6 Å². The quantitative estimate of drug-likeness (QED) is 0.167. The van der Waals surface area contributed by atoms with Crippen LogP contribution in [0.4, 0.5) is 28.4 Å². The average Bonchev–Trinajstić information content (AvgIpc) is 4.13. The van der Waals surface area contributed by atoms with E-state index in [4.69, 9.17) is 4.42 Å². The number of nitrogens with zero attached hydrogens (tertiary/aromatic N) is 3. The zero-order valence-electron chi connectivity index (χ0n) is 35.2. The zero-order chi connectivity index (χ0) is 42.6. The lowest BCUT2D eigenvalue weighted by atomic mass is 9.91. The van der Waals surface area contributed by atoms with E-state index in [-0.39, 0.29) is 12.0 Å². The molecule has 0 saturated carbocycles. The number of fused-ring (bicyclic) bond motifs is 13. The van der Waals surface area contributed by atoms with Gasteiger partial charge in [0.25, 0.3) is 0 Å². The molecule has 1 aliphatic heterocycles. The Kier molecular flexibility index (Phi) is 7.94.